The standard InChI is InChI=1S/C20H22FN4O4S/c1-28-14-9-25-19(29-10-14)17(8-22-25)30(27)24-20(26)23-18-15-4-2-3-11(15)5-12-6-13(21)7-16(12)18/h5,8,13-14H,2-4,6-7,9-10H2,1H3,(H,23,26)/q-1/t13-,14+/m1/s1. The number of hydrogen-bond acceptors (Lipinski definition) is 6. The van der Waals surface area contributed by atoms with Crippen LogP contribution < -0.4 is 10.1 Å². The molecule has 1 aromatic heterocycles. The number of ether oxygens (including phenoxy) is 2. The lowest BCUT2D eigenvalue weighted by Gasteiger charge is -2.24. The number of urea groups is 1. The van der Waals surface area contributed by atoms with Gasteiger partial charge in [-0.1, -0.05) is 6.07 Å². The Morgan fingerprint density at radius 2 is 2.23 bits per heavy atom. The van der Waals surface area contributed by atoms with E-state index in [4.69, 9.17) is 9.47 Å². The number of aromatic nitrogens is 2. The van der Waals surface area contributed by atoms with Gasteiger partial charge in [-0.15, -0.1) is 10.6 Å². The van der Waals surface area contributed by atoms with E-state index in [9.17, 15) is 13.4 Å². The summed E-state index contributed by atoms with van der Waals surface area (Å²) in [6.45, 7) is 0.785. The fourth-order valence-electron chi connectivity index (χ4n) is 4.52. The van der Waals surface area contributed by atoms with Crippen molar-refractivity contribution in [2.75, 3.05) is 19.0 Å². The molecule has 2 heterocycles. The average molecular weight is 433 g/mol. The van der Waals surface area contributed by atoms with E-state index in [2.05, 4.69) is 20.8 Å². The maximum Gasteiger partial charge on any atom is 0.322 e. The van der Waals surface area contributed by atoms with Gasteiger partial charge < -0.3 is 23.4 Å². The Balaban J connectivity index is 1.41. The van der Waals surface area contributed by atoms with Crippen molar-refractivity contribution in [1.82, 2.24) is 9.78 Å². The van der Waals surface area contributed by atoms with Crippen molar-refractivity contribution in [3.63, 3.8) is 0 Å². The molecule has 30 heavy (non-hydrogen) atoms. The predicted octanol–water partition coefficient (Wildman–Crippen LogP) is 2.95. The zero-order valence-corrected chi connectivity index (χ0v) is 17.3. The summed E-state index contributed by atoms with van der Waals surface area (Å²) in [5, 5.41) is 6.95. The third-order valence-electron chi connectivity index (χ3n) is 5.93. The van der Waals surface area contributed by atoms with E-state index in [0.29, 0.717) is 31.1 Å². The summed E-state index contributed by atoms with van der Waals surface area (Å²) in [6.07, 6.45) is 3.75. The smallest absolute Gasteiger partial charge is 0.322 e. The highest BCUT2D eigenvalue weighted by Gasteiger charge is 2.29. The van der Waals surface area contributed by atoms with E-state index in [-0.39, 0.29) is 17.4 Å². The van der Waals surface area contributed by atoms with Crippen LogP contribution >= 0.6 is 0 Å². The van der Waals surface area contributed by atoms with Crippen LogP contribution in [-0.4, -0.2) is 41.8 Å². The van der Waals surface area contributed by atoms with E-state index in [1.807, 2.05) is 0 Å². The molecule has 0 saturated heterocycles. The molecule has 0 unspecified atom stereocenters. The van der Waals surface area contributed by atoms with Crippen molar-refractivity contribution < 1.29 is 22.9 Å². The predicted molar refractivity (Wildman–Crippen MR) is 107 cm³/mol. The van der Waals surface area contributed by atoms with Crippen LogP contribution in [0, 0.1) is 0 Å². The number of aryl methyl sites for hydroxylation is 1. The van der Waals surface area contributed by atoms with Gasteiger partial charge in [-0.25, -0.2) is 13.9 Å². The number of methoxy groups -OCH3 is 1. The number of anilines is 1. The first-order chi connectivity index (χ1) is 14.5. The Labute approximate surface area is 175 Å². The van der Waals surface area contributed by atoms with Gasteiger partial charge in [0.1, 0.15) is 18.9 Å². The zero-order valence-electron chi connectivity index (χ0n) is 16.5. The van der Waals surface area contributed by atoms with E-state index in [1.54, 1.807) is 11.8 Å². The minimum atomic E-state index is -1.97. The quantitative estimate of drug-likeness (QED) is 0.751. The molecule has 1 N–H and O–H groups in total. The van der Waals surface area contributed by atoms with Crippen LogP contribution in [0.4, 0.5) is 14.9 Å². The highest BCUT2D eigenvalue weighted by Crippen LogP contribution is 2.39. The van der Waals surface area contributed by atoms with E-state index < -0.39 is 22.8 Å². The van der Waals surface area contributed by atoms with Crippen LogP contribution in [0.2, 0.25) is 0 Å². The Morgan fingerprint density at radius 3 is 3.07 bits per heavy atom. The SMILES string of the molecule is CO[C@@H]1COc2c([S-](=O)=NC(=O)Nc3c4c(cc5c3C[C@H](F)C5)CCC4)cnn2C1. The summed E-state index contributed by atoms with van der Waals surface area (Å²) in [4.78, 5) is 12.9. The molecule has 0 saturated carbocycles. The van der Waals surface area contributed by atoms with Gasteiger partial charge in [0.2, 0.25) is 0 Å². The van der Waals surface area contributed by atoms with Gasteiger partial charge in [-0.2, -0.15) is 5.10 Å². The highest BCUT2D eigenvalue weighted by molar-refractivity contribution is 7.75. The lowest BCUT2D eigenvalue weighted by atomic mass is 9.99. The normalized spacial score (nSPS) is 22.9. The molecule has 2 aliphatic carbocycles. The Hall–Kier alpha value is -2.46. The van der Waals surface area contributed by atoms with Crippen molar-refractivity contribution in [2.24, 2.45) is 4.36 Å². The van der Waals surface area contributed by atoms with Gasteiger partial charge in [0, 0.05) is 31.8 Å². The maximum absolute atomic E-state index is 14.0. The third-order valence-corrected chi connectivity index (χ3v) is 6.92. The van der Waals surface area contributed by atoms with Crippen LogP contribution in [0.3, 0.4) is 0 Å². The van der Waals surface area contributed by atoms with Gasteiger partial charge in [-0.05, 0) is 46.4 Å². The maximum atomic E-state index is 14.0. The van der Waals surface area contributed by atoms with Crippen LogP contribution in [0.25, 0.3) is 0 Å². The van der Waals surface area contributed by atoms with Gasteiger partial charge >= 0.3 is 6.03 Å². The summed E-state index contributed by atoms with van der Waals surface area (Å²) in [5.41, 5.74) is 4.66. The van der Waals surface area contributed by atoms with Crippen LogP contribution in [0.1, 0.15) is 28.7 Å². The number of hydrogen-bond donors (Lipinski definition) is 1. The average Bonchev–Trinajstić information content (AvgIpc) is 3.44. The van der Waals surface area contributed by atoms with Gasteiger partial charge in [0.15, 0.2) is 5.88 Å². The monoisotopic (exact) mass is 433 g/mol. The zero-order chi connectivity index (χ0) is 20.8. The second-order valence-corrected chi connectivity index (χ2v) is 8.94. The van der Waals surface area contributed by atoms with Gasteiger partial charge in [0.05, 0.1) is 6.54 Å². The van der Waals surface area contributed by atoms with E-state index in [0.717, 1.165) is 41.5 Å². The molecule has 0 spiro atoms. The molecule has 3 aliphatic rings. The first kappa shape index (κ1) is 19.5. The number of rotatable bonds is 3. The molecule has 0 bridgehead atoms. The highest BCUT2D eigenvalue weighted by atomic mass is 32.2. The molecule has 2 aromatic rings. The summed E-state index contributed by atoms with van der Waals surface area (Å²) in [7, 11) is -0.386. The first-order valence-electron chi connectivity index (χ1n) is 10.00. The van der Waals surface area contributed by atoms with Gasteiger partial charge in [-0.3, -0.25) is 0 Å². The lowest BCUT2D eigenvalue weighted by molar-refractivity contribution is 0.0165. The number of carbonyl (C=O) groups excluding carboxylic acids is 1. The number of carbonyl (C=O) groups is 1. The number of fused-ring (bicyclic) bond motifs is 3. The number of amides is 2. The molecule has 0 fully saturated rings. The number of halogens is 1. The summed E-state index contributed by atoms with van der Waals surface area (Å²) >= 11 is 0. The number of alkyl halides is 1. The summed E-state index contributed by atoms with van der Waals surface area (Å²) < 4.78 is 42.9. The molecular formula is C20H22FN4O4S-. The second kappa shape index (κ2) is 7.66. The first-order valence-corrected chi connectivity index (χ1v) is 11.1. The van der Waals surface area contributed by atoms with Crippen molar-refractivity contribution >= 4 is 22.3 Å². The molecule has 160 valence electrons. The van der Waals surface area contributed by atoms with Crippen LogP contribution in [0.5, 0.6) is 5.88 Å². The molecule has 1 aromatic carbocycles. The molecule has 2 amide bonds. The molecule has 1 aliphatic heterocycles. The minimum Gasteiger partial charge on any atom is -0.476 e. The molecule has 10 heteroatoms. The third kappa shape index (κ3) is 3.37. The van der Waals surface area contributed by atoms with Crippen LogP contribution in [-0.2, 0) is 51.8 Å². The topological polar surface area (TPSA) is 94.8 Å². The lowest BCUT2D eigenvalue weighted by Crippen LogP contribution is -2.31. The Bertz CT molecular complexity index is 1110. The largest absolute Gasteiger partial charge is 0.476 e. The number of nitrogens with one attached hydrogen (secondary N) is 1. The van der Waals surface area contributed by atoms with Crippen molar-refractivity contribution in [3.05, 3.63) is 34.5 Å². The van der Waals surface area contributed by atoms with Crippen LogP contribution in [0.15, 0.2) is 21.5 Å². The fraction of sp³-hybridized carbons (Fsp3) is 0.500. The van der Waals surface area contributed by atoms with Gasteiger partial charge in [0.25, 0.3) is 0 Å². The molecular weight excluding hydrogens is 411 g/mol. The molecule has 8 nitrogen and oxygen atoms in total. The number of nitrogens with zero attached hydrogens (tertiary/aromatic N) is 3. The van der Waals surface area contributed by atoms with Crippen molar-refractivity contribution in [3.8, 4) is 5.88 Å². The second-order valence-electron chi connectivity index (χ2n) is 7.82. The minimum absolute atomic E-state index is 0.138. The van der Waals surface area contributed by atoms with Crippen molar-refractivity contribution in [1.29, 1.82) is 0 Å². The van der Waals surface area contributed by atoms with E-state index >= 15 is 0 Å². The summed E-state index contributed by atoms with van der Waals surface area (Å²) in [6, 6.07) is 1.36. The Kier molecular flexibility index (Phi) is 4.98. The fourth-order valence-corrected chi connectivity index (χ4v) is 5.26. The van der Waals surface area contributed by atoms with E-state index in [1.165, 1.54) is 6.20 Å². The number of benzene rings is 1. The molecule has 5 rings (SSSR count). The van der Waals surface area contributed by atoms with Crippen molar-refractivity contribution in [2.45, 2.75) is 55.8 Å². The molecule has 0 radical (unpaired) electrons. The molecule has 2 atom stereocenters. The summed E-state index contributed by atoms with van der Waals surface area (Å²) in [5.74, 6) is 0.333. The Morgan fingerprint density at radius 1 is 1.37 bits per heavy atom.